The van der Waals surface area contributed by atoms with Crippen LogP contribution in [0.5, 0.6) is 0 Å². The van der Waals surface area contributed by atoms with Gasteiger partial charge in [0, 0.05) is 0 Å². The Labute approximate surface area is 114 Å². The molecule has 0 aromatic heterocycles. The van der Waals surface area contributed by atoms with Gasteiger partial charge >= 0.3 is 5.97 Å². The Kier molecular flexibility index (Phi) is 5.77. The van der Waals surface area contributed by atoms with E-state index in [1.54, 1.807) is 0 Å². The molecule has 1 aliphatic carbocycles. The van der Waals surface area contributed by atoms with E-state index < -0.39 is 11.6 Å². The molecule has 1 aliphatic rings. The molecule has 0 radical (unpaired) electrons. The van der Waals surface area contributed by atoms with Crippen molar-refractivity contribution in [2.24, 2.45) is 5.92 Å². The van der Waals surface area contributed by atoms with Gasteiger partial charge in [-0.25, -0.2) is 0 Å². The SMILES string of the molecule is CC(C)(C)OCCOCC1(O)CCC(C(=O)O)CC1. The normalized spacial score (nSPS) is 28.3. The molecular weight excluding hydrogens is 248 g/mol. The van der Waals surface area contributed by atoms with Crippen LogP contribution in [0.25, 0.3) is 0 Å². The second-order valence-electron chi connectivity index (χ2n) is 6.35. The highest BCUT2D eigenvalue weighted by Crippen LogP contribution is 2.32. The van der Waals surface area contributed by atoms with E-state index in [1.165, 1.54) is 0 Å². The number of aliphatic carboxylic acids is 1. The third-order valence-corrected chi connectivity index (χ3v) is 3.40. The zero-order valence-electron chi connectivity index (χ0n) is 12.1. The van der Waals surface area contributed by atoms with E-state index in [0.717, 1.165) is 0 Å². The molecule has 1 fully saturated rings. The van der Waals surface area contributed by atoms with E-state index >= 15 is 0 Å². The zero-order valence-corrected chi connectivity index (χ0v) is 12.1. The van der Waals surface area contributed by atoms with Gasteiger partial charge in [-0.1, -0.05) is 0 Å². The molecule has 0 saturated heterocycles. The largest absolute Gasteiger partial charge is 0.481 e. The lowest BCUT2D eigenvalue weighted by Crippen LogP contribution is -2.40. The van der Waals surface area contributed by atoms with Crippen LogP contribution in [0.2, 0.25) is 0 Å². The predicted octanol–water partition coefficient (Wildman–Crippen LogP) is 1.82. The van der Waals surface area contributed by atoms with Crippen LogP contribution in [0.4, 0.5) is 0 Å². The molecule has 0 aromatic carbocycles. The van der Waals surface area contributed by atoms with Crippen LogP contribution in [-0.2, 0) is 14.3 Å². The van der Waals surface area contributed by atoms with Crippen LogP contribution in [0, 0.1) is 5.92 Å². The van der Waals surface area contributed by atoms with Gasteiger partial charge in [0.05, 0.1) is 36.9 Å². The fourth-order valence-corrected chi connectivity index (χ4v) is 2.22. The fourth-order valence-electron chi connectivity index (χ4n) is 2.22. The van der Waals surface area contributed by atoms with Crippen LogP contribution >= 0.6 is 0 Å². The topological polar surface area (TPSA) is 76.0 Å². The van der Waals surface area contributed by atoms with E-state index in [-0.39, 0.29) is 18.1 Å². The summed E-state index contributed by atoms with van der Waals surface area (Å²) in [4.78, 5) is 10.8. The maximum atomic E-state index is 10.8. The third-order valence-electron chi connectivity index (χ3n) is 3.40. The summed E-state index contributed by atoms with van der Waals surface area (Å²) in [5.41, 5.74) is -1.05. The molecule has 1 saturated carbocycles. The molecule has 0 heterocycles. The summed E-state index contributed by atoms with van der Waals surface area (Å²) in [6.07, 6.45) is 2.02. The molecule has 1 rings (SSSR count). The highest BCUT2D eigenvalue weighted by atomic mass is 16.5. The average Bonchev–Trinajstić information content (AvgIpc) is 2.27. The summed E-state index contributed by atoms with van der Waals surface area (Å²) in [5, 5.41) is 19.2. The highest BCUT2D eigenvalue weighted by Gasteiger charge is 2.35. The summed E-state index contributed by atoms with van der Waals surface area (Å²) in [6, 6.07) is 0. The van der Waals surface area contributed by atoms with E-state index in [4.69, 9.17) is 14.6 Å². The number of aliphatic hydroxyl groups is 1. The molecule has 0 aliphatic heterocycles. The van der Waals surface area contributed by atoms with Gasteiger partial charge < -0.3 is 19.7 Å². The predicted molar refractivity (Wildman–Crippen MR) is 71.1 cm³/mol. The first-order valence-corrected chi connectivity index (χ1v) is 6.89. The molecule has 0 amide bonds. The number of carboxylic acids is 1. The minimum Gasteiger partial charge on any atom is -0.481 e. The van der Waals surface area contributed by atoms with Gasteiger partial charge in [0.1, 0.15) is 0 Å². The molecule has 0 spiro atoms. The lowest BCUT2D eigenvalue weighted by molar-refractivity contribution is -0.146. The van der Waals surface area contributed by atoms with E-state index in [2.05, 4.69) is 0 Å². The summed E-state index contributed by atoms with van der Waals surface area (Å²) < 4.78 is 11.0. The average molecular weight is 274 g/mol. The maximum Gasteiger partial charge on any atom is 0.306 e. The van der Waals surface area contributed by atoms with Crippen molar-refractivity contribution in [2.75, 3.05) is 19.8 Å². The number of hydrogen-bond donors (Lipinski definition) is 2. The third kappa shape index (κ3) is 6.36. The van der Waals surface area contributed by atoms with Crippen molar-refractivity contribution >= 4 is 5.97 Å². The molecule has 2 N–H and O–H groups in total. The zero-order chi connectivity index (χ0) is 14.5. The number of carbonyl (C=O) groups is 1. The van der Waals surface area contributed by atoms with Crippen molar-refractivity contribution < 1.29 is 24.5 Å². The quantitative estimate of drug-likeness (QED) is 0.723. The summed E-state index contributed by atoms with van der Waals surface area (Å²) in [6.45, 7) is 7.14. The van der Waals surface area contributed by atoms with Crippen molar-refractivity contribution in [1.29, 1.82) is 0 Å². The fraction of sp³-hybridized carbons (Fsp3) is 0.929. The highest BCUT2D eigenvalue weighted by molar-refractivity contribution is 5.70. The maximum absolute atomic E-state index is 10.8. The van der Waals surface area contributed by atoms with E-state index in [9.17, 15) is 9.90 Å². The van der Waals surface area contributed by atoms with Crippen LogP contribution in [0.3, 0.4) is 0 Å². The van der Waals surface area contributed by atoms with Crippen molar-refractivity contribution in [3.63, 3.8) is 0 Å². The Hall–Kier alpha value is -0.650. The Morgan fingerprint density at radius 1 is 1.26 bits per heavy atom. The monoisotopic (exact) mass is 274 g/mol. The first-order valence-electron chi connectivity index (χ1n) is 6.89. The van der Waals surface area contributed by atoms with E-state index in [1.807, 2.05) is 20.8 Å². The summed E-state index contributed by atoms with van der Waals surface area (Å²) in [5.74, 6) is -1.08. The summed E-state index contributed by atoms with van der Waals surface area (Å²) in [7, 11) is 0. The molecule has 0 atom stereocenters. The molecule has 5 nitrogen and oxygen atoms in total. The van der Waals surface area contributed by atoms with Crippen LogP contribution in [-0.4, -0.2) is 47.2 Å². The van der Waals surface area contributed by atoms with Gasteiger partial charge in [-0.05, 0) is 46.5 Å². The van der Waals surface area contributed by atoms with Gasteiger partial charge in [0.15, 0.2) is 0 Å². The van der Waals surface area contributed by atoms with Gasteiger partial charge in [0.2, 0.25) is 0 Å². The van der Waals surface area contributed by atoms with Crippen molar-refractivity contribution in [3.8, 4) is 0 Å². The Bertz CT molecular complexity index is 287. The Balaban J connectivity index is 2.17. The number of hydrogen-bond acceptors (Lipinski definition) is 4. The van der Waals surface area contributed by atoms with Crippen LogP contribution < -0.4 is 0 Å². The smallest absolute Gasteiger partial charge is 0.306 e. The van der Waals surface area contributed by atoms with Gasteiger partial charge in [0.25, 0.3) is 0 Å². The Morgan fingerprint density at radius 2 is 1.84 bits per heavy atom. The molecule has 5 heteroatoms. The standard InChI is InChI=1S/C14H26O5/c1-13(2,3)19-9-8-18-10-14(17)6-4-11(5-7-14)12(15)16/h11,17H,4-10H2,1-3H3,(H,15,16). The lowest BCUT2D eigenvalue weighted by Gasteiger charge is -2.34. The number of ether oxygens (including phenoxy) is 2. The van der Waals surface area contributed by atoms with Crippen LogP contribution in [0.15, 0.2) is 0 Å². The lowest BCUT2D eigenvalue weighted by atomic mass is 9.79. The van der Waals surface area contributed by atoms with Crippen molar-refractivity contribution in [3.05, 3.63) is 0 Å². The van der Waals surface area contributed by atoms with Gasteiger partial charge in [-0.3, -0.25) is 4.79 Å². The molecule has 112 valence electrons. The number of carboxylic acid groups (broad SMARTS) is 1. The Morgan fingerprint density at radius 3 is 2.32 bits per heavy atom. The van der Waals surface area contributed by atoms with Gasteiger partial charge in [-0.2, -0.15) is 0 Å². The van der Waals surface area contributed by atoms with Crippen molar-refractivity contribution in [1.82, 2.24) is 0 Å². The van der Waals surface area contributed by atoms with E-state index in [0.29, 0.717) is 38.9 Å². The minimum atomic E-state index is -0.867. The molecule has 0 unspecified atom stereocenters. The van der Waals surface area contributed by atoms with Gasteiger partial charge in [-0.15, -0.1) is 0 Å². The minimum absolute atomic E-state index is 0.181. The molecule has 0 aromatic rings. The summed E-state index contributed by atoms with van der Waals surface area (Å²) >= 11 is 0. The second kappa shape index (κ2) is 6.68. The molecular formula is C14H26O5. The second-order valence-corrected chi connectivity index (χ2v) is 6.35. The first kappa shape index (κ1) is 16.4. The molecule has 0 bridgehead atoms. The van der Waals surface area contributed by atoms with Crippen LogP contribution in [0.1, 0.15) is 46.5 Å². The number of rotatable bonds is 6. The first-order chi connectivity index (χ1) is 8.72. The molecule has 19 heavy (non-hydrogen) atoms. The van der Waals surface area contributed by atoms with Crippen molar-refractivity contribution in [2.45, 2.75) is 57.7 Å².